The minimum atomic E-state index is -2.99. The summed E-state index contributed by atoms with van der Waals surface area (Å²) in [4.78, 5) is 13.9. The number of nitrogens with zero attached hydrogens (tertiary/aromatic N) is 1. The Labute approximate surface area is 113 Å². The molecule has 0 N–H and O–H groups in total. The van der Waals surface area contributed by atoms with Gasteiger partial charge in [0.2, 0.25) is 5.91 Å². The van der Waals surface area contributed by atoms with E-state index in [1.165, 1.54) is 0 Å². The number of fused-ring (bicyclic) bond motifs is 1. The number of benzene rings is 1. The zero-order valence-electron chi connectivity index (χ0n) is 11.1. The molecule has 2 saturated heterocycles. The number of carbonyl (C=O) groups is 1. The first kappa shape index (κ1) is 12.7. The van der Waals surface area contributed by atoms with Crippen LogP contribution in [0, 0.1) is 19.8 Å². The van der Waals surface area contributed by atoms with E-state index in [0.29, 0.717) is 6.42 Å². The van der Waals surface area contributed by atoms with Crippen molar-refractivity contribution in [3.63, 3.8) is 0 Å². The molecule has 0 bridgehead atoms. The van der Waals surface area contributed by atoms with E-state index in [2.05, 4.69) is 0 Å². The van der Waals surface area contributed by atoms with Crippen LogP contribution in [0.4, 0.5) is 5.69 Å². The van der Waals surface area contributed by atoms with Gasteiger partial charge in [-0.15, -0.1) is 0 Å². The Balaban J connectivity index is 2.04. The topological polar surface area (TPSA) is 54.5 Å². The van der Waals surface area contributed by atoms with Gasteiger partial charge in [-0.25, -0.2) is 8.42 Å². The lowest BCUT2D eigenvalue weighted by atomic mass is 10.0. The summed E-state index contributed by atoms with van der Waals surface area (Å²) >= 11 is 0. The highest BCUT2D eigenvalue weighted by molar-refractivity contribution is 7.91. The summed E-state index contributed by atoms with van der Waals surface area (Å²) in [6.07, 6.45) is 0.358. The summed E-state index contributed by atoms with van der Waals surface area (Å²) in [5, 5.41) is 0. The third-order valence-corrected chi connectivity index (χ3v) is 5.88. The first-order valence-corrected chi connectivity index (χ1v) is 8.29. The Morgan fingerprint density at radius 1 is 1.21 bits per heavy atom. The van der Waals surface area contributed by atoms with E-state index in [1.807, 2.05) is 32.0 Å². The van der Waals surface area contributed by atoms with Crippen molar-refractivity contribution in [2.45, 2.75) is 26.3 Å². The van der Waals surface area contributed by atoms with E-state index in [-0.39, 0.29) is 29.4 Å². The van der Waals surface area contributed by atoms with Crippen LogP contribution in [0.5, 0.6) is 0 Å². The first-order valence-electron chi connectivity index (χ1n) is 6.47. The van der Waals surface area contributed by atoms with Crippen LogP contribution in [0.25, 0.3) is 0 Å². The average Bonchev–Trinajstić information content (AvgIpc) is 2.73. The van der Waals surface area contributed by atoms with Crippen LogP contribution in [-0.2, 0) is 14.6 Å². The van der Waals surface area contributed by atoms with Gasteiger partial charge in [0.1, 0.15) is 0 Å². The normalized spacial score (nSPS) is 28.7. The molecule has 5 heteroatoms. The van der Waals surface area contributed by atoms with Crippen LogP contribution >= 0.6 is 0 Å². The van der Waals surface area contributed by atoms with E-state index in [9.17, 15) is 13.2 Å². The predicted molar refractivity (Wildman–Crippen MR) is 74.0 cm³/mol. The molecule has 0 unspecified atom stereocenters. The van der Waals surface area contributed by atoms with E-state index >= 15 is 0 Å². The Kier molecular flexibility index (Phi) is 2.71. The van der Waals surface area contributed by atoms with Crippen molar-refractivity contribution in [3.05, 3.63) is 29.3 Å². The number of amides is 1. The van der Waals surface area contributed by atoms with Gasteiger partial charge in [-0.05, 0) is 31.0 Å². The van der Waals surface area contributed by atoms with Gasteiger partial charge in [0.05, 0.1) is 17.5 Å². The maximum absolute atomic E-state index is 12.2. The zero-order chi connectivity index (χ0) is 13.8. The lowest BCUT2D eigenvalue weighted by Crippen LogP contribution is -2.36. The van der Waals surface area contributed by atoms with Crippen molar-refractivity contribution in [1.29, 1.82) is 0 Å². The fourth-order valence-electron chi connectivity index (χ4n) is 3.18. The number of aryl methyl sites for hydroxylation is 2. The summed E-state index contributed by atoms with van der Waals surface area (Å²) in [5.74, 6) is 0.290. The van der Waals surface area contributed by atoms with Gasteiger partial charge in [-0.2, -0.15) is 0 Å². The minimum absolute atomic E-state index is 0.0302. The van der Waals surface area contributed by atoms with Gasteiger partial charge < -0.3 is 4.90 Å². The third kappa shape index (κ3) is 2.06. The number of rotatable bonds is 1. The number of sulfone groups is 1. The van der Waals surface area contributed by atoms with Gasteiger partial charge in [0.15, 0.2) is 9.84 Å². The maximum Gasteiger partial charge on any atom is 0.227 e. The SMILES string of the molecule is Cc1ccc(C)c(N2C(=O)C[C@H]3CS(=O)(=O)C[C@H]32)c1. The molecule has 4 nitrogen and oxygen atoms in total. The van der Waals surface area contributed by atoms with Crippen molar-refractivity contribution < 1.29 is 13.2 Å². The fraction of sp³-hybridized carbons (Fsp3) is 0.500. The standard InChI is InChI=1S/C14H17NO3S/c1-9-3-4-10(2)12(5-9)15-13-8-19(17,18)7-11(13)6-14(15)16/h3-5,11,13H,6-8H2,1-2H3/t11-,13+/m0/s1. The van der Waals surface area contributed by atoms with Gasteiger partial charge >= 0.3 is 0 Å². The Bertz CT molecular complexity index is 651. The van der Waals surface area contributed by atoms with Crippen molar-refractivity contribution in [3.8, 4) is 0 Å². The molecule has 3 rings (SSSR count). The first-order chi connectivity index (χ1) is 8.87. The monoisotopic (exact) mass is 279 g/mol. The van der Waals surface area contributed by atoms with Crippen molar-refractivity contribution in [1.82, 2.24) is 0 Å². The Hall–Kier alpha value is -1.36. The molecule has 19 heavy (non-hydrogen) atoms. The second kappa shape index (κ2) is 4.07. The molecule has 2 atom stereocenters. The fourth-order valence-corrected chi connectivity index (χ4v) is 5.25. The van der Waals surface area contributed by atoms with E-state index in [4.69, 9.17) is 0 Å². The highest BCUT2D eigenvalue weighted by Gasteiger charge is 2.49. The lowest BCUT2D eigenvalue weighted by molar-refractivity contribution is -0.117. The van der Waals surface area contributed by atoms with Crippen LogP contribution in [0.3, 0.4) is 0 Å². The molecule has 102 valence electrons. The number of anilines is 1. The Morgan fingerprint density at radius 2 is 1.95 bits per heavy atom. The second-order valence-electron chi connectivity index (χ2n) is 5.66. The van der Waals surface area contributed by atoms with E-state index in [1.54, 1.807) is 4.90 Å². The van der Waals surface area contributed by atoms with Crippen molar-refractivity contribution in [2.75, 3.05) is 16.4 Å². The molecule has 2 heterocycles. The second-order valence-corrected chi connectivity index (χ2v) is 7.82. The average molecular weight is 279 g/mol. The summed E-state index contributed by atoms with van der Waals surface area (Å²) < 4.78 is 23.5. The number of hydrogen-bond donors (Lipinski definition) is 0. The smallest absolute Gasteiger partial charge is 0.227 e. The summed E-state index contributed by atoms with van der Waals surface area (Å²) in [6.45, 7) is 3.94. The van der Waals surface area contributed by atoms with E-state index in [0.717, 1.165) is 16.8 Å². The molecular formula is C14H17NO3S. The van der Waals surface area contributed by atoms with Gasteiger partial charge in [0.25, 0.3) is 0 Å². The van der Waals surface area contributed by atoms with Crippen LogP contribution in [0.15, 0.2) is 18.2 Å². The summed E-state index contributed by atoms with van der Waals surface area (Å²) in [5.41, 5.74) is 2.97. The molecule has 0 saturated carbocycles. The largest absolute Gasteiger partial charge is 0.308 e. The molecule has 1 aromatic rings. The van der Waals surface area contributed by atoms with Crippen LogP contribution in [-0.4, -0.2) is 31.9 Å². The van der Waals surface area contributed by atoms with E-state index < -0.39 is 9.84 Å². The summed E-state index contributed by atoms with van der Waals surface area (Å²) in [6, 6.07) is 5.79. The maximum atomic E-state index is 12.2. The van der Waals surface area contributed by atoms with Gasteiger partial charge in [0, 0.05) is 18.0 Å². The molecule has 0 aliphatic carbocycles. The van der Waals surface area contributed by atoms with Crippen LogP contribution < -0.4 is 4.90 Å². The quantitative estimate of drug-likeness (QED) is 0.782. The molecule has 1 amide bonds. The predicted octanol–water partition coefficient (Wildman–Crippen LogP) is 1.45. The molecule has 0 aromatic heterocycles. The molecule has 0 radical (unpaired) electrons. The van der Waals surface area contributed by atoms with Gasteiger partial charge in [-0.1, -0.05) is 12.1 Å². The van der Waals surface area contributed by atoms with Crippen LogP contribution in [0.2, 0.25) is 0 Å². The number of carbonyl (C=O) groups excluding carboxylic acids is 1. The third-order valence-electron chi connectivity index (χ3n) is 4.10. The van der Waals surface area contributed by atoms with Crippen molar-refractivity contribution in [2.24, 2.45) is 5.92 Å². The van der Waals surface area contributed by atoms with Gasteiger partial charge in [-0.3, -0.25) is 4.79 Å². The molecule has 0 spiro atoms. The highest BCUT2D eigenvalue weighted by Crippen LogP contribution is 2.38. The molecular weight excluding hydrogens is 262 g/mol. The zero-order valence-corrected chi connectivity index (χ0v) is 11.9. The molecule has 2 aliphatic rings. The van der Waals surface area contributed by atoms with Crippen molar-refractivity contribution >= 4 is 21.4 Å². The highest BCUT2D eigenvalue weighted by atomic mass is 32.2. The molecule has 2 aliphatic heterocycles. The Morgan fingerprint density at radius 3 is 2.68 bits per heavy atom. The molecule has 1 aromatic carbocycles. The summed E-state index contributed by atoms with van der Waals surface area (Å²) in [7, 11) is -2.99. The van der Waals surface area contributed by atoms with Crippen LogP contribution in [0.1, 0.15) is 17.5 Å². The molecule has 2 fully saturated rings. The number of hydrogen-bond acceptors (Lipinski definition) is 3. The minimum Gasteiger partial charge on any atom is -0.308 e. The lowest BCUT2D eigenvalue weighted by Gasteiger charge is -2.25.